The number of H-pyrrole nitrogens is 1. The summed E-state index contributed by atoms with van der Waals surface area (Å²) in [5.41, 5.74) is 3.82. The average Bonchev–Trinajstić information content (AvgIpc) is 2.93. The molecule has 0 atom stereocenters. The highest BCUT2D eigenvalue weighted by Crippen LogP contribution is 2.24. The Morgan fingerprint density at radius 3 is 2.34 bits per heavy atom. The molecule has 2 aromatic carbocycles. The molecule has 6 nitrogen and oxygen atoms in total. The van der Waals surface area contributed by atoms with E-state index in [1.165, 1.54) is 16.5 Å². The van der Waals surface area contributed by atoms with Crippen LogP contribution in [0.15, 0.2) is 52.3 Å². The first-order valence-electron chi connectivity index (χ1n) is 9.39. The average molecular weight is 391 g/mol. The molecule has 1 aromatic heterocycles. The minimum Gasteiger partial charge on any atom is -0.478 e. The van der Waals surface area contributed by atoms with E-state index < -0.39 is 5.97 Å². The van der Waals surface area contributed by atoms with E-state index in [0.29, 0.717) is 22.5 Å². The molecule has 3 rings (SSSR count). The SMILES string of the molecule is Cc1cccc(N=Cc2c(C)[nH]n(-c3ccc(C(C)(C)C)cc3)c2=O)c1C(=O)O. The number of nitrogens with zero attached hydrogens (tertiary/aromatic N) is 2. The van der Waals surface area contributed by atoms with Gasteiger partial charge in [0.2, 0.25) is 0 Å². The van der Waals surface area contributed by atoms with Crippen molar-refractivity contribution >= 4 is 17.9 Å². The molecular weight excluding hydrogens is 366 g/mol. The van der Waals surface area contributed by atoms with E-state index in [-0.39, 0.29) is 16.5 Å². The maximum absolute atomic E-state index is 12.9. The second-order valence-corrected chi connectivity index (χ2v) is 8.12. The quantitative estimate of drug-likeness (QED) is 0.641. The third kappa shape index (κ3) is 4.06. The monoisotopic (exact) mass is 391 g/mol. The molecule has 0 aliphatic rings. The fraction of sp³-hybridized carbons (Fsp3) is 0.261. The Hall–Kier alpha value is -3.41. The number of aromatic nitrogens is 2. The smallest absolute Gasteiger partial charge is 0.338 e. The van der Waals surface area contributed by atoms with Gasteiger partial charge in [0.05, 0.1) is 22.5 Å². The number of hydrogen-bond acceptors (Lipinski definition) is 3. The summed E-state index contributed by atoms with van der Waals surface area (Å²) in [5, 5.41) is 12.5. The molecule has 0 unspecified atom stereocenters. The second-order valence-electron chi connectivity index (χ2n) is 8.12. The molecule has 0 aliphatic carbocycles. The molecule has 0 radical (unpaired) electrons. The van der Waals surface area contributed by atoms with Crippen LogP contribution < -0.4 is 5.56 Å². The van der Waals surface area contributed by atoms with Crippen molar-refractivity contribution in [1.29, 1.82) is 0 Å². The summed E-state index contributed by atoms with van der Waals surface area (Å²) in [5.74, 6) is -1.04. The predicted molar refractivity (Wildman–Crippen MR) is 115 cm³/mol. The van der Waals surface area contributed by atoms with E-state index in [1.54, 1.807) is 32.0 Å². The van der Waals surface area contributed by atoms with Crippen molar-refractivity contribution < 1.29 is 9.90 Å². The van der Waals surface area contributed by atoms with Crippen LogP contribution in [-0.4, -0.2) is 27.1 Å². The van der Waals surface area contributed by atoms with Gasteiger partial charge in [0.25, 0.3) is 5.56 Å². The number of aliphatic imine (C=N–C) groups is 1. The normalized spacial score (nSPS) is 11.9. The molecule has 0 saturated carbocycles. The highest BCUT2D eigenvalue weighted by atomic mass is 16.4. The van der Waals surface area contributed by atoms with Crippen LogP contribution in [0.2, 0.25) is 0 Å². The maximum atomic E-state index is 12.9. The van der Waals surface area contributed by atoms with Gasteiger partial charge in [0.1, 0.15) is 0 Å². The number of carboxylic acid groups (broad SMARTS) is 1. The molecule has 0 saturated heterocycles. The summed E-state index contributed by atoms with van der Waals surface area (Å²) < 4.78 is 1.47. The third-order valence-electron chi connectivity index (χ3n) is 4.91. The van der Waals surface area contributed by atoms with Crippen LogP contribution in [0.4, 0.5) is 5.69 Å². The molecule has 0 bridgehead atoms. The van der Waals surface area contributed by atoms with Gasteiger partial charge in [-0.25, -0.2) is 9.48 Å². The van der Waals surface area contributed by atoms with Crippen molar-refractivity contribution in [3.05, 3.63) is 80.8 Å². The zero-order valence-corrected chi connectivity index (χ0v) is 17.3. The summed E-state index contributed by atoms with van der Waals surface area (Å²) in [6.45, 7) is 9.92. The number of aromatic carboxylic acids is 1. The Kier molecular flexibility index (Phi) is 5.29. The summed E-state index contributed by atoms with van der Waals surface area (Å²) >= 11 is 0. The van der Waals surface area contributed by atoms with E-state index in [0.717, 1.165) is 5.69 Å². The van der Waals surface area contributed by atoms with Crippen molar-refractivity contribution in [2.24, 2.45) is 4.99 Å². The van der Waals surface area contributed by atoms with Gasteiger partial charge in [0.15, 0.2) is 0 Å². The van der Waals surface area contributed by atoms with Crippen LogP contribution in [0, 0.1) is 13.8 Å². The van der Waals surface area contributed by atoms with E-state index >= 15 is 0 Å². The number of benzene rings is 2. The fourth-order valence-corrected chi connectivity index (χ4v) is 3.18. The van der Waals surface area contributed by atoms with Crippen molar-refractivity contribution in [2.45, 2.75) is 40.0 Å². The van der Waals surface area contributed by atoms with Crippen LogP contribution >= 0.6 is 0 Å². The molecule has 150 valence electrons. The Balaban J connectivity index is 2.00. The molecule has 0 fully saturated rings. The van der Waals surface area contributed by atoms with Crippen molar-refractivity contribution in [3.8, 4) is 5.69 Å². The fourth-order valence-electron chi connectivity index (χ4n) is 3.18. The maximum Gasteiger partial charge on any atom is 0.338 e. The first-order valence-corrected chi connectivity index (χ1v) is 9.39. The minimum atomic E-state index is -1.04. The first kappa shape index (κ1) is 20.3. The Bertz CT molecular complexity index is 1140. The van der Waals surface area contributed by atoms with Gasteiger partial charge in [-0.3, -0.25) is 14.9 Å². The molecule has 1 heterocycles. The largest absolute Gasteiger partial charge is 0.478 e. The summed E-state index contributed by atoms with van der Waals surface area (Å²) in [6, 6.07) is 12.9. The predicted octanol–water partition coefficient (Wildman–Crippen LogP) is 4.53. The van der Waals surface area contributed by atoms with Crippen LogP contribution in [0.5, 0.6) is 0 Å². The van der Waals surface area contributed by atoms with E-state index in [1.807, 2.05) is 24.3 Å². The van der Waals surface area contributed by atoms with Crippen LogP contribution in [-0.2, 0) is 5.41 Å². The number of carbonyl (C=O) groups is 1. The molecule has 6 heteroatoms. The Morgan fingerprint density at radius 2 is 1.76 bits per heavy atom. The van der Waals surface area contributed by atoms with Crippen molar-refractivity contribution in [1.82, 2.24) is 9.78 Å². The molecule has 0 spiro atoms. The molecule has 0 aliphatic heterocycles. The van der Waals surface area contributed by atoms with Crippen molar-refractivity contribution in [2.75, 3.05) is 0 Å². The molecule has 3 aromatic rings. The number of carboxylic acids is 1. The standard InChI is InChI=1S/C23H25N3O3/c1-14-7-6-8-19(20(14)22(28)29)24-13-18-15(2)25-26(21(18)27)17-11-9-16(10-12-17)23(3,4)5/h6-13,25H,1-5H3,(H,28,29). The number of rotatable bonds is 4. The van der Waals surface area contributed by atoms with E-state index in [9.17, 15) is 14.7 Å². The summed E-state index contributed by atoms with van der Waals surface area (Å²) in [4.78, 5) is 28.7. The molecule has 2 N–H and O–H groups in total. The zero-order valence-electron chi connectivity index (χ0n) is 17.3. The lowest BCUT2D eigenvalue weighted by Gasteiger charge is -2.19. The van der Waals surface area contributed by atoms with Gasteiger partial charge < -0.3 is 5.11 Å². The lowest BCUT2D eigenvalue weighted by atomic mass is 9.87. The number of aryl methyl sites for hydroxylation is 2. The van der Waals surface area contributed by atoms with Gasteiger partial charge >= 0.3 is 5.97 Å². The summed E-state index contributed by atoms with van der Waals surface area (Å²) in [6.07, 6.45) is 1.43. The van der Waals surface area contributed by atoms with Crippen LogP contribution in [0.3, 0.4) is 0 Å². The molecular formula is C23H25N3O3. The van der Waals surface area contributed by atoms with Gasteiger partial charge in [-0.15, -0.1) is 0 Å². The van der Waals surface area contributed by atoms with E-state index in [4.69, 9.17) is 0 Å². The number of aromatic amines is 1. The topological polar surface area (TPSA) is 87.5 Å². The molecule has 29 heavy (non-hydrogen) atoms. The van der Waals surface area contributed by atoms with Crippen LogP contribution in [0.25, 0.3) is 5.69 Å². The van der Waals surface area contributed by atoms with Crippen molar-refractivity contribution in [3.63, 3.8) is 0 Å². The Labute approximate surface area is 169 Å². The zero-order chi connectivity index (χ0) is 21.3. The van der Waals surface area contributed by atoms with Gasteiger partial charge in [0, 0.05) is 11.9 Å². The molecule has 0 amide bonds. The number of hydrogen-bond donors (Lipinski definition) is 2. The van der Waals surface area contributed by atoms with Gasteiger partial charge in [-0.05, 0) is 48.6 Å². The summed E-state index contributed by atoms with van der Waals surface area (Å²) in [7, 11) is 0. The highest BCUT2D eigenvalue weighted by Gasteiger charge is 2.16. The lowest BCUT2D eigenvalue weighted by molar-refractivity contribution is 0.0697. The second kappa shape index (κ2) is 7.54. The minimum absolute atomic E-state index is 0.0304. The van der Waals surface area contributed by atoms with Crippen LogP contribution in [0.1, 0.15) is 53.5 Å². The number of nitrogens with one attached hydrogen (secondary N) is 1. The van der Waals surface area contributed by atoms with Gasteiger partial charge in [-0.1, -0.05) is 45.0 Å². The third-order valence-corrected chi connectivity index (χ3v) is 4.91. The highest BCUT2D eigenvalue weighted by molar-refractivity contribution is 5.96. The lowest BCUT2D eigenvalue weighted by Crippen LogP contribution is -2.18. The van der Waals surface area contributed by atoms with E-state index in [2.05, 4.69) is 30.9 Å². The first-order chi connectivity index (χ1) is 13.6. The van der Waals surface area contributed by atoms with Gasteiger partial charge in [-0.2, -0.15) is 0 Å². The Morgan fingerprint density at radius 1 is 1.10 bits per heavy atom.